The quantitative estimate of drug-likeness (QED) is 0.718. The van der Waals surface area contributed by atoms with Gasteiger partial charge in [0.1, 0.15) is 0 Å². The lowest BCUT2D eigenvalue weighted by atomic mass is 10.00. The van der Waals surface area contributed by atoms with Crippen molar-refractivity contribution in [2.45, 2.75) is 13.3 Å². The van der Waals surface area contributed by atoms with Crippen molar-refractivity contribution >= 4 is 17.3 Å². The van der Waals surface area contributed by atoms with Crippen LogP contribution in [0.2, 0.25) is 0 Å². The van der Waals surface area contributed by atoms with Gasteiger partial charge in [0.15, 0.2) is 11.5 Å². The number of nitrogens with zero attached hydrogens (tertiary/aromatic N) is 1. The molecule has 0 spiro atoms. The van der Waals surface area contributed by atoms with Gasteiger partial charge in [-0.15, -0.1) is 0 Å². The Labute approximate surface area is 153 Å². The topological polar surface area (TPSA) is 82.0 Å². The van der Waals surface area contributed by atoms with Crippen molar-refractivity contribution in [3.8, 4) is 11.5 Å². The third kappa shape index (κ3) is 4.26. The maximum Gasteiger partial charge on any atom is 0.227 e. The van der Waals surface area contributed by atoms with Crippen LogP contribution in [0.3, 0.4) is 0 Å². The molecule has 0 aliphatic carbocycles. The molecule has 1 unspecified atom stereocenters. The molecule has 0 aromatic heterocycles. The molecule has 26 heavy (non-hydrogen) atoms. The summed E-state index contributed by atoms with van der Waals surface area (Å²) in [4.78, 5) is 14.8. The fraction of sp³-hybridized carbons (Fsp3) is 0.350. The SMILES string of the molecule is CC(Cc1ccc(O)c(O)c1)C(=O)Nc1ccccc1N1CCOCC1. The molecule has 1 saturated heterocycles. The molecule has 1 fully saturated rings. The zero-order valence-corrected chi connectivity index (χ0v) is 14.8. The molecular formula is C20H24N2O4. The van der Waals surface area contributed by atoms with Crippen molar-refractivity contribution in [3.05, 3.63) is 48.0 Å². The number of ether oxygens (including phenoxy) is 1. The lowest BCUT2D eigenvalue weighted by molar-refractivity contribution is -0.119. The molecule has 1 aliphatic rings. The Morgan fingerprint density at radius 2 is 1.88 bits per heavy atom. The number of hydrogen-bond donors (Lipinski definition) is 3. The van der Waals surface area contributed by atoms with E-state index < -0.39 is 0 Å². The second kappa shape index (κ2) is 8.10. The largest absolute Gasteiger partial charge is 0.504 e. The minimum Gasteiger partial charge on any atom is -0.504 e. The van der Waals surface area contributed by atoms with E-state index in [4.69, 9.17) is 4.74 Å². The van der Waals surface area contributed by atoms with Crippen LogP contribution in [0.5, 0.6) is 11.5 Å². The zero-order valence-electron chi connectivity index (χ0n) is 14.8. The van der Waals surface area contributed by atoms with E-state index >= 15 is 0 Å². The number of hydrogen-bond acceptors (Lipinski definition) is 5. The Hall–Kier alpha value is -2.73. The molecule has 6 heteroatoms. The lowest BCUT2D eigenvalue weighted by Gasteiger charge is -2.30. The molecule has 0 bridgehead atoms. The highest BCUT2D eigenvalue weighted by Gasteiger charge is 2.19. The first-order valence-electron chi connectivity index (χ1n) is 8.78. The number of morpholine rings is 1. The average molecular weight is 356 g/mol. The van der Waals surface area contributed by atoms with Crippen LogP contribution < -0.4 is 10.2 Å². The zero-order chi connectivity index (χ0) is 18.5. The minimum absolute atomic E-state index is 0.0849. The van der Waals surface area contributed by atoms with Gasteiger partial charge in [-0.05, 0) is 36.2 Å². The number of carbonyl (C=O) groups excluding carboxylic acids is 1. The second-order valence-electron chi connectivity index (χ2n) is 6.53. The van der Waals surface area contributed by atoms with Crippen LogP contribution in [0, 0.1) is 5.92 Å². The van der Waals surface area contributed by atoms with E-state index in [1.54, 1.807) is 6.07 Å². The van der Waals surface area contributed by atoms with Gasteiger partial charge >= 0.3 is 0 Å². The first-order chi connectivity index (χ1) is 12.5. The molecule has 138 valence electrons. The van der Waals surface area contributed by atoms with E-state index in [0.717, 1.165) is 30.0 Å². The van der Waals surface area contributed by atoms with E-state index in [2.05, 4.69) is 10.2 Å². The summed E-state index contributed by atoms with van der Waals surface area (Å²) >= 11 is 0. The molecule has 1 aliphatic heterocycles. The molecule has 0 radical (unpaired) electrons. The summed E-state index contributed by atoms with van der Waals surface area (Å²) in [5.74, 6) is -0.701. The van der Waals surface area contributed by atoms with E-state index in [1.165, 1.54) is 12.1 Å². The summed E-state index contributed by atoms with van der Waals surface area (Å²) in [5.41, 5.74) is 2.59. The highest BCUT2D eigenvalue weighted by Crippen LogP contribution is 2.28. The summed E-state index contributed by atoms with van der Waals surface area (Å²) in [6.45, 7) is 4.81. The van der Waals surface area contributed by atoms with Gasteiger partial charge in [0.2, 0.25) is 5.91 Å². The number of anilines is 2. The molecule has 3 N–H and O–H groups in total. The molecule has 1 atom stereocenters. The monoisotopic (exact) mass is 356 g/mol. The highest BCUT2D eigenvalue weighted by molar-refractivity contribution is 5.95. The molecule has 1 heterocycles. The minimum atomic E-state index is -0.281. The van der Waals surface area contributed by atoms with E-state index in [9.17, 15) is 15.0 Å². The molecule has 1 amide bonds. The normalized spacial score (nSPS) is 15.5. The number of aromatic hydroxyl groups is 2. The van der Waals surface area contributed by atoms with E-state index in [-0.39, 0.29) is 23.3 Å². The van der Waals surface area contributed by atoms with E-state index in [1.807, 2.05) is 31.2 Å². The van der Waals surface area contributed by atoms with Crippen molar-refractivity contribution < 1.29 is 19.7 Å². The van der Waals surface area contributed by atoms with Gasteiger partial charge in [-0.25, -0.2) is 0 Å². The van der Waals surface area contributed by atoms with Crippen LogP contribution in [0.15, 0.2) is 42.5 Å². The smallest absolute Gasteiger partial charge is 0.227 e. The fourth-order valence-electron chi connectivity index (χ4n) is 3.06. The number of phenols is 2. The number of carbonyl (C=O) groups is 1. The molecule has 2 aromatic carbocycles. The van der Waals surface area contributed by atoms with Crippen molar-refractivity contribution in [3.63, 3.8) is 0 Å². The van der Waals surface area contributed by atoms with Gasteiger partial charge < -0.3 is 25.2 Å². The van der Waals surface area contributed by atoms with Crippen LogP contribution in [0.4, 0.5) is 11.4 Å². The summed E-state index contributed by atoms with van der Waals surface area (Å²) in [6.07, 6.45) is 0.472. The van der Waals surface area contributed by atoms with Gasteiger partial charge in [-0.1, -0.05) is 25.1 Å². The number of amides is 1. The number of para-hydroxylation sites is 2. The van der Waals surface area contributed by atoms with Crippen LogP contribution in [-0.4, -0.2) is 42.4 Å². The first-order valence-corrected chi connectivity index (χ1v) is 8.78. The fourth-order valence-corrected chi connectivity index (χ4v) is 3.06. The lowest BCUT2D eigenvalue weighted by Crippen LogP contribution is -2.37. The van der Waals surface area contributed by atoms with Gasteiger partial charge in [0, 0.05) is 19.0 Å². The van der Waals surface area contributed by atoms with Gasteiger partial charge in [0.05, 0.1) is 24.6 Å². The highest BCUT2D eigenvalue weighted by atomic mass is 16.5. The van der Waals surface area contributed by atoms with Crippen molar-refractivity contribution in [1.82, 2.24) is 0 Å². The molecule has 0 saturated carbocycles. The Bertz CT molecular complexity index is 772. The Morgan fingerprint density at radius 1 is 1.15 bits per heavy atom. The van der Waals surface area contributed by atoms with Crippen molar-refractivity contribution in [2.24, 2.45) is 5.92 Å². The third-order valence-electron chi connectivity index (χ3n) is 4.54. The maximum atomic E-state index is 12.6. The summed E-state index contributed by atoms with van der Waals surface area (Å²) in [5, 5.41) is 22.0. The summed E-state index contributed by atoms with van der Waals surface area (Å²) < 4.78 is 5.40. The summed E-state index contributed by atoms with van der Waals surface area (Å²) in [6, 6.07) is 12.4. The molecular weight excluding hydrogens is 332 g/mol. The Morgan fingerprint density at radius 3 is 2.62 bits per heavy atom. The van der Waals surface area contributed by atoms with Crippen LogP contribution in [-0.2, 0) is 16.0 Å². The van der Waals surface area contributed by atoms with Gasteiger partial charge in [-0.2, -0.15) is 0 Å². The number of nitrogens with one attached hydrogen (secondary N) is 1. The van der Waals surface area contributed by atoms with Crippen molar-refractivity contribution in [1.29, 1.82) is 0 Å². The molecule has 2 aromatic rings. The third-order valence-corrected chi connectivity index (χ3v) is 4.54. The molecule has 6 nitrogen and oxygen atoms in total. The summed E-state index contributed by atoms with van der Waals surface area (Å²) in [7, 11) is 0. The van der Waals surface area contributed by atoms with Gasteiger partial charge in [-0.3, -0.25) is 4.79 Å². The first kappa shape index (κ1) is 18.1. The number of benzene rings is 2. The van der Waals surface area contributed by atoms with Crippen molar-refractivity contribution in [2.75, 3.05) is 36.5 Å². The predicted molar refractivity (Wildman–Crippen MR) is 101 cm³/mol. The standard InChI is InChI=1S/C20H24N2O4/c1-14(12-15-6-7-18(23)19(24)13-15)20(25)21-16-4-2-3-5-17(16)22-8-10-26-11-9-22/h2-7,13-14,23-24H,8-12H2,1H3,(H,21,25). The number of phenolic OH excluding ortho intramolecular Hbond substituents is 2. The Balaban J connectivity index is 1.68. The number of rotatable bonds is 5. The van der Waals surface area contributed by atoms with Crippen LogP contribution in [0.25, 0.3) is 0 Å². The van der Waals surface area contributed by atoms with Crippen LogP contribution in [0.1, 0.15) is 12.5 Å². The molecule has 3 rings (SSSR count). The van der Waals surface area contributed by atoms with Crippen LogP contribution >= 0.6 is 0 Å². The Kier molecular flexibility index (Phi) is 5.63. The predicted octanol–water partition coefficient (Wildman–Crippen LogP) is 2.75. The maximum absolute atomic E-state index is 12.6. The second-order valence-corrected chi connectivity index (χ2v) is 6.53. The van der Waals surface area contributed by atoms with Gasteiger partial charge in [0.25, 0.3) is 0 Å². The average Bonchev–Trinajstić information content (AvgIpc) is 2.66. The van der Waals surface area contributed by atoms with E-state index in [0.29, 0.717) is 19.6 Å².